The van der Waals surface area contributed by atoms with Gasteiger partial charge in [0.15, 0.2) is 11.0 Å². The van der Waals surface area contributed by atoms with E-state index in [1.807, 2.05) is 53.1 Å². The summed E-state index contributed by atoms with van der Waals surface area (Å²) in [4.78, 5) is 16.7. The van der Waals surface area contributed by atoms with Gasteiger partial charge in [-0.15, -0.1) is 10.2 Å². The first kappa shape index (κ1) is 23.5. The summed E-state index contributed by atoms with van der Waals surface area (Å²) in [5.41, 5.74) is 3.81. The van der Waals surface area contributed by atoms with E-state index in [0.717, 1.165) is 29.1 Å². The number of carbonyl (C=O) groups excluding carboxylic acids is 1. The van der Waals surface area contributed by atoms with E-state index in [4.69, 9.17) is 4.74 Å². The van der Waals surface area contributed by atoms with Gasteiger partial charge in [0.25, 0.3) is 0 Å². The third-order valence-corrected chi connectivity index (χ3v) is 6.54. The highest BCUT2D eigenvalue weighted by atomic mass is 32.2. The zero-order chi connectivity index (χ0) is 23.9. The molecule has 174 valence electrons. The van der Waals surface area contributed by atoms with Crippen molar-refractivity contribution < 1.29 is 9.53 Å². The number of rotatable bonds is 9. The van der Waals surface area contributed by atoms with Crippen LogP contribution in [0.3, 0.4) is 0 Å². The lowest BCUT2D eigenvalue weighted by atomic mass is 9.99. The van der Waals surface area contributed by atoms with E-state index in [2.05, 4.69) is 46.5 Å². The van der Waals surface area contributed by atoms with Crippen molar-refractivity contribution in [3.8, 4) is 22.8 Å². The second-order valence-corrected chi connectivity index (χ2v) is 8.79. The Hall–Kier alpha value is -3.65. The molecule has 1 unspecified atom stereocenters. The Bertz CT molecular complexity index is 1220. The number of ether oxygens (including phenoxy) is 1. The Morgan fingerprint density at radius 3 is 2.38 bits per heavy atom. The van der Waals surface area contributed by atoms with Crippen LogP contribution in [0.1, 0.15) is 31.7 Å². The molecule has 0 radical (unpaired) electrons. The van der Waals surface area contributed by atoms with Gasteiger partial charge in [-0.2, -0.15) is 0 Å². The number of thioether (sulfide) groups is 1. The molecule has 1 atom stereocenters. The Kier molecular flexibility index (Phi) is 7.59. The average molecular weight is 474 g/mol. The van der Waals surface area contributed by atoms with Gasteiger partial charge in [0, 0.05) is 29.3 Å². The van der Waals surface area contributed by atoms with Crippen LogP contribution in [0.5, 0.6) is 5.75 Å². The standard InChI is InChI=1S/C26H27N5O2S/c1-4-18(2)19-5-7-21(8-6-19)28-24(32)17-34-26-30-29-25(20-13-15-27-16-14-20)31(26)22-9-11-23(33-3)12-10-22/h5-16,18H,4,17H2,1-3H3,(H,28,32). The molecule has 0 fully saturated rings. The van der Waals surface area contributed by atoms with Crippen molar-refractivity contribution in [1.82, 2.24) is 19.7 Å². The van der Waals surface area contributed by atoms with Crippen LogP contribution in [0.25, 0.3) is 17.1 Å². The second kappa shape index (κ2) is 11.0. The molecule has 2 heterocycles. The summed E-state index contributed by atoms with van der Waals surface area (Å²) in [6.07, 6.45) is 4.52. The number of hydrogen-bond donors (Lipinski definition) is 1. The first-order valence-electron chi connectivity index (χ1n) is 11.1. The first-order chi connectivity index (χ1) is 16.6. The van der Waals surface area contributed by atoms with E-state index < -0.39 is 0 Å². The first-order valence-corrected chi connectivity index (χ1v) is 12.1. The molecule has 0 spiro atoms. The van der Waals surface area contributed by atoms with Crippen molar-refractivity contribution in [3.63, 3.8) is 0 Å². The van der Waals surface area contributed by atoms with Gasteiger partial charge in [-0.3, -0.25) is 14.3 Å². The van der Waals surface area contributed by atoms with Gasteiger partial charge < -0.3 is 10.1 Å². The zero-order valence-corrected chi connectivity index (χ0v) is 20.2. The Labute approximate surface area is 203 Å². The lowest BCUT2D eigenvalue weighted by Gasteiger charge is -2.12. The fraction of sp³-hybridized carbons (Fsp3) is 0.231. The van der Waals surface area contributed by atoms with E-state index in [0.29, 0.717) is 16.9 Å². The molecule has 1 N–H and O–H groups in total. The molecule has 34 heavy (non-hydrogen) atoms. The molecule has 4 aromatic rings. The normalized spacial score (nSPS) is 11.7. The van der Waals surface area contributed by atoms with Crippen molar-refractivity contribution in [2.24, 2.45) is 0 Å². The SMILES string of the molecule is CCC(C)c1ccc(NC(=O)CSc2nnc(-c3ccncc3)n2-c2ccc(OC)cc2)cc1. The molecule has 4 rings (SSSR count). The summed E-state index contributed by atoms with van der Waals surface area (Å²) >= 11 is 1.34. The Morgan fingerprint density at radius 2 is 1.74 bits per heavy atom. The van der Waals surface area contributed by atoms with Gasteiger partial charge in [-0.1, -0.05) is 37.7 Å². The number of methoxy groups -OCH3 is 1. The summed E-state index contributed by atoms with van der Waals surface area (Å²) in [6.45, 7) is 4.37. The number of nitrogens with one attached hydrogen (secondary N) is 1. The number of nitrogens with zero attached hydrogens (tertiary/aromatic N) is 4. The van der Waals surface area contributed by atoms with Crippen LogP contribution in [0.4, 0.5) is 5.69 Å². The van der Waals surface area contributed by atoms with Gasteiger partial charge in [0.1, 0.15) is 5.75 Å². The fourth-order valence-electron chi connectivity index (χ4n) is 3.47. The van der Waals surface area contributed by atoms with E-state index in [9.17, 15) is 4.79 Å². The lowest BCUT2D eigenvalue weighted by molar-refractivity contribution is -0.113. The highest BCUT2D eigenvalue weighted by Crippen LogP contribution is 2.29. The third kappa shape index (κ3) is 5.46. The number of hydrogen-bond acceptors (Lipinski definition) is 6. The van der Waals surface area contributed by atoms with Crippen molar-refractivity contribution >= 4 is 23.4 Å². The summed E-state index contributed by atoms with van der Waals surface area (Å²) < 4.78 is 7.23. The molecular formula is C26H27N5O2S. The molecule has 8 heteroatoms. The number of amides is 1. The van der Waals surface area contributed by atoms with Crippen LogP contribution in [-0.4, -0.2) is 38.5 Å². The molecule has 0 saturated carbocycles. The van der Waals surface area contributed by atoms with Gasteiger partial charge in [0.05, 0.1) is 12.9 Å². The largest absolute Gasteiger partial charge is 0.497 e. The van der Waals surface area contributed by atoms with Crippen molar-refractivity contribution in [1.29, 1.82) is 0 Å². The predicted molar refractivity (Wildman–Crippen MR) is 136 cm³/mol. The molecule has 1 amide bonds. The third-order valence-electron chi connectivity index (χ3n) is 5.61. The van der Waals surface area contributed by atoms with Crippen molar-refractivity contribution in [3.05, 3.63) is 78.6 Å². The molecule has 0 bridgehead atoms. The summed E-state index contributed by atoms with van der Waals surface area (Å²) in [5, 5.41) is 12.4. The van der Waals surface area contributed by atoms with Gasteiger partial charge >= 0.3 is 0 Å². The number of carbonyl (C=O) groups is 1. The van der Waals surface area contributed by atoms with Gasteiger partial charge in [0.2, 0.25) is 5.91 Å². The molecular weight excluding hydrogens is 446 g/mol. The van der Waals surface area contributed by atoms with Gasteiger partial charge in [-0.05, 0) is 66.4 Å². The summed E-state index contributed by atoms with van der Waals surface area (Å²) in [6, 6.07) is 19.5. The van der Waals surface area contributed by atoms with E-state index in [1.54, 1.807) is 19.5 Å². The topological polar surface area (TPSA) is 81.9 Å². The highest BCUT2D eigenvalue weighted by molar-refractivity contribution is 7.99. The highest BCUT2D eigenvalue weighted by Gasteiger charge is 2.17. The maximum atomic E-state index is 12.7. The van der Waals surface area contributed by atoms with Crippen LogP contribution < -0.4 is 10.1 Å². The average Bonchev–Trinajstić information content (AvgIpc) is 3.32. The van der Waals surface area contributed by atoms with Crippen LogP contribution in [0.2, 0.25) is 0 Å². The lowest BCUT2D eigenvalue weighted by Crippen LogP contribution is -2.14. The number of anilines is 1. The molecule has 0 aliphatic carbocycles. The predicted octanol–water partition coefficient (Wildman–Crippen LogP) is 5.58. The number of benzene rings is 2. The quantitative estimate of drug-likeness (QED) is 0.320. The summed E-state index contributed by atoms with van der Waals surface area (Å²) in [5.74, 6) is 2.04. The maximum Gasteiger partial charge on any atom is 0.234 e. The van der Waals surface area contributed by atoms with Crippen LogP contribution >= 0.6 is 11.8 Å². The molecule has 7 nitrogen and oxygen atoms in total. The van der Waals surface area contributed by atoms with Crippen LogP contribution in [-0.2, 0) is 4.79 Å². The Morgan fingerprint density at radius 1 is 1.03 bits per heavy atom. The molecule has 0 saturated heterocycles. The maximum absolute atomic E-state index is 12.7. The molecule has 0 aliphatic rings. The van der Waals surface area contributed by atoms with E-state index >= 15 is 0 Å². The Balaban J connectivity index is 1.52. The minimum absolute atomic E-state index is 0.101. The van der Waals surface area contributed by atoms with Crippen LogP contribution in [0, 0.1) is 0 Å². The van der Waals surface area contributed by atoms with E-state index in [1.165, 1.54) is 17.3 Å². The minimum atomic E-state index is -0.101. The van der Waals surface area contributed by atoms with Crippen molar-refractivity contribution in [2.75, 3.05) is 18.2 Å². The van der Waals surface area contributed by atoms with Gasteiger partial charge in [-0.25, -0.2) is 0 Å². The molecule has 2 aromatic heterocycles. The minimum Gasteiger partial charge on any atom is -0.497 e. The fourth-order valence-corrected chi connectivity index (χ4v) is 4.23. The second-order valence-electron chi connectivity index (χ2n) is 7.84. The van der Waals surface area contributed by atoms with Crippen molar-refractivity contribution in [2.45, 2.75) is 31.3 Å². The van der Waals surface area contributed by atoms with E-state index in [-0.39, 0.29) is 11.7 Å². The number of aromatic nitrogens is 4. The number of pyridine rings is 1. The van der Waals surface area contributed by atoms with Crippen LogP contribution in [0.15, 0.2) is 78.2 Å². The smallest absolute Gasteiger partial charge is 0.234 e. The molecule has 2 aromatic carbocycles. The molecule has 0 aliphatic heterocycles. The monoisotopic (exact) mass is 473 g/mol. The summed E-state index contributed by atoms with van der Waals surface area (Å²) in [7, 11) is 1.63. The zero-order valence-electron chi connectivity index (χ0n) is 19.4.